The average Bonchev–Trinajstić information content (AvgIpc) is 3.01. The molecule has 1 aromatic heterocycles. The van der Waals surface area contributed by atoms with Crippen LogP contribution >= 0.6 is 11.6 Å². The van der Waals surface area contributed by atoms with E-state index in [-0.39, 0.29) is 11.8 Å². The lowest BCUT2D eigenvalue weighted by Gasteiger charge is -2.26. The molecule has 0 radical (unpaired) electrons. The van der Waals surface area contributed by atoms with Gasteiger partial charge in [-0.2, -0.15) is 0 Å². The largest absolute Gasteiger partial charge is 0.390 e. The summed E-state index contributed by atoms with van der Waals surface area (Å²) in [6.07, 6.45) is -0.610. The highest BCUT2D eigenvalue weighted by molar-refractivity contribution is 7.91. The smallest absolute Gasteiger partial charge is 0.180 e. The van der Waals surface area contributed by atoms with Crippen molar-refractivity contribution in [1.29, 1.82) is 0 Å². The molecule has 1 fully saturated rings. The second kappa shape index (κ2) is 7.63. The van der Waals surface area contributed by atoms with Crippen molar-refractivity contribution in [2.24, 2.45) is 5.73 Å². The Hall–Kier alpha value is -2.39. The highest BCUT2D eigenvalue weighted by atomic mass is 35.5. The third-order valence-electron chi connectivity index (χ3n) is 6.03. The Morgan fingerprint density at radius 3 is 2.68 bits per heavy atom. The van der Waals surface area contributed by atoms with Gasteiger partial charge in [0.25, 0.3) is 0 Å². The van der Waals surface area contributed by atoms with Crippen LogP contribution in [0.1, 0.15) is 5.56 Å². The van der Waals surface area contributed by atoms with E-state index in [4.69, 9.17) is 22.3 Å². The maximum Gasteiger partial charge on any atom is 0.180 e. The van der Waals surface area contributed by atoms with Crippen molar-refractivity contribution < 1.29 is 13.5 Å². The number of nitrogens with two attached hydrogens (primary N) is 1. The molecule has 1 saturated heterocycles. The molecule has 31 heavy (non-hydrogen) atoms. The highest BCUT2D eigenvalue weighted by Crippen LogP contribution is 2.35. The van der Waals surface area contributed by atoms with E-state index >= 15 is 0 Å². The maximum atomic E-state index is 12.8. The highest BCUT2D eigenvalue weighted by Gasteiger charge is 2.31. The van der Waals surface area contributed by atoms with Crippen LogP contribution in [-0.2, 0) is 16.4 Å². The van der Waals surface area contributed by atoms with Crippen molar-refractivity contribution in [2.75, 3.05) is 35.2 Å². The SMILES string of the molecule is NC1CN(c2cc(N3CCS(=O)(=O)c4ccccc4C3)nc3ccc(Cl)cc23)CC1O. The molecular formula is C22H23ClN4O3S. The fourth-order valence-corrected chi connectivity index (χ4v) is 6.03. The van der Waals surface area contributed by atoms with Crippen molar-refractivity contribution >= 4 is 43.8 Å². The topological polar surface area (TPSA) is 99.8 Å². The minimum atomic E-state index is -3.35. The van der Waals surface area contributed by atoms with Gasteiger partial charge in [-0.15, -0.1) is 0 Å². The number of pyridine rings is 1. The Morgan fingerprint density at radius 1 is 1.10 bits per heavy atom. The lowest BCUT2D eigenvalue weighted by atomic mass is 10.1. The van der Waals surface area contributed by atoms with Crippen molar-refractivity contribution in [2.45, 2.75) is 23.6 Å². The van der Waals surface area contributed by atoms with Crippen LogP contribution in [0.25, 0.3) is 10.9 Å². The molecule has 162 valence electrons. The fourth-order valence-electron chi connectivity index (χ4n) is 4.36. The summed E-state index contributed by atoms with van der Waals surface area (Å²) in [5.41, 5.74) is 8.46. The van der Waals surface area contributed by atoms with Crippen LogP contribution in [0, 0.1) is 0 Å². The summed E-state index contributed by atoms with van der Waals surface area (Å²) in [5.74, 6) is 0.708. The molecule has 7 nitrogen and oxygen atoms in total. The first-order chi connectivity index (χ1) is 14.8. The molecule has 3 heterocycles. The summed E-state index contributed by atoms with van der Waals surface area (Å²) in [5, 5.41) is 11.7. The van der Waals surface area contributed by atoms with E-state index in [1.165, 1.54) is 0 Å². The molecule has 2 aliphatic heterocycles. The van der Waals surface area contributed by atoms with Crippen molar-refractivity contribution in [3.8, 4) is 0 Å². The zero-order valence-corrected chi connectivity index (χ0v) is 18.4. The number of fused-ring (bicyclic) bond motifs is 2. The van der Waals surface area contributed by atoms with Gasteiger partial charge in [-0.3, -0.25) is 0 Å². The van der Waals surface area contributed by atoms with Gasteiger partial charge in [-0.1, -0.05) is 29.8 Å². The zero-order chi connectivity index (χ0) is 21.8. The monoisotopic (exact) mass is 458 g/mol. The number of aromatic nitrogens is 1. The molecule has 5 rings (SSSR count). The Bertz CT molecular complexity index is 1260. The summed E-state index contributed by atoms with van der Waals surface area (Å²) in [6, 6.07) is 14.3. The summed E-state index contributed by atoms with van der Waals surface area (Å²) < 4.78 is 25.5. The molecule has 0 bridgehead atoms. The van der Waals surface area contributed by atoms with Gasteiger partial charge >= 0.3 is 0 Å². The molecule has 2 atom stereocenters. The first-order valence-electron chi connectivity index (χ1n) is 10.2. The van der Waals surface area contributed by atoms with Gasteiger partial charge in [0.2, 0.25) is 0 Å². The number of sulfone groups is 1. The number of hydrogen-bond donors (Lipinski definition) is 2. The van der Waals surface area contributed by atoms with Crippen molar-refractivity contribution in [1.82, 2.24) is 4.98 Å². The van der Waals surface area contributed by atoms with Crippen LogP contribution in [0.15, 0.2) is 53.4 Å². The number of aliphatic hydroxyl groups excluding tert-OH is 1. The normalized spacial score (nSPS) is 23.1. The van der Waals surface area contributed by atoms with Crippen LogP contribution in [0.3, 0.4) is 0 Å². The van der Waals surface area contributed by atoms with Crippen LogP contribution in [-0.4, -0.2) is 56.0 Å². The van der Waals surface area contributed by atoms with E-state index in [0.29, 0.717) is 41.9 Å². The predicted molar refractivity (Wildman–Crippen MR) is 122 cm³/mol. The molecule has 2 aromatic carbocycles. The third-order valence-corrected chi connectivity index (χ3v) is 8.06. The van der Waals surface area contributed by atoms with Gasteiger partial charge in [-0.25, -0.2) is 13.4 Å². The van der Waals surface area contributed by atoms with E-state index < -0.39 is 15.9 Å². The Morgan fingerprint density at radius 2 is 1.90 bits per heavy atom. The van der Waals surface area contributed by atoms with Gasteiger partial charge in [0, 0.05) is 48.7 Å². The van der Waals surface area contributed by atoms with Gasteiger partial charge in [0.15, 0.2) is 9.84 Å². The Kier molecular flexibility index (Phi) is 5.05. The summed E-state index contributed by atoms with van der Waals surface area (Å²) >= 11 is 6.25. The molecule has 2 aliphatic rings. The van der Waals surface area contributed by atoms with E-state index in [1.807, 2.05) is 40.1 Å². The second-order valence-corrected chi connectivity index (χ2v) is 10.7. The van der Waals surface area contributed by atoms with Gasteiger partial charge in [-0.05, 0) is 29.8 Å². The first kappa shape index (κ1) is 20.5. The number of anilines is 2. The third kappa shape index (κ3) is 3.74. The molecule has 0 spiro atoms. The summed E-state index contributed by atoms with van der Waals surface area (Å²) in [6.45, 7) is 1.72. The van der Waals surface area contributed by atoms with Gasteiger partial charge in [0.05, 0.1) is 28.0 Å². The van der Waals surface area contributed by atoms with E-state index in [9.17, 15) is 13.5 Å². The van der Waals surface area contributed by atoms with Crippen LogP contribution in [0.4, 0.5) is 11.5 Å². The number of hydrogen-bond acceptors (Lipinski definition) is 7. The minimum Gasteiger partial charge on any atom is -0.390 e. The van der Waals surface area contributed by atoms with E-state index in [0.717, 1.165) is 22.2 Å². The molecule has 0 saturated carbocycles. The quantitative estimate of drug-likeness (QED) is 0.607. The van der Waals surface area contributed by atoms with Crippen LogP contribution < -0.4 is 15.5 Å². The van der Waals surface area contributed by atoms with Crippen LogP contribution in [0.5, 0.6) is 0 Å². The molecule has 2 unspecified atom stereocenters. The Labute approximate surface area is 186 Å². The first-order valence-corrected chi connectivity index (χ1v) is 12.2. The number of aliphatic hydroxyl groups is 1. The minimum absolute atomic E-state index is 0.0208. The van der Waals surface area contributed by atoms with E-state index in [1.54, 1.807) is 18.2 Å². The maximum absolute atomic E-state index is 12.8. The molecule has 3 N–H and O–H groups in total. The van der Waals surface area contributed by atoms with Crippen LogP contribution in [0.2, 0.25) is 5.02 Å². The molecule has 0 aliphatic carbocycles. The number of nitrogens with zero attached hydrogens (tertiary/aromatic N) is 3. The second-order valence-electron chi connectivity index (χ2n) is 8.15. The molecule has 3 aromatic rings. The summed E-state index contributed by atoms with van der Waals surface area (Å²) in [7, 11) is -3.35. The molecule has 9 heteroatoms. The van der Waals surface area contributed by atoms with Crippen molar-refractivity contribution in [3.05, 3.63) is 59.1 Å². The standard InChI is InChI=1S/C22H23ClN4O3S/c23-15-5-6-18-16(9-15)19(27-12-17(24)20(28)13-27)10-22(25-18)26-7-8-31(29,30)21-4-2-1-3-14(21)11-26/h1-6,9-10,17,20,28H,7-8,11-13,24H2. The Balaban J connectivity index is 1.62. The van der Waals surface area contributed by atoms with Gasteiger partial charge < -0.3 is 20.6 Å². The van der Waals surface area contributed by atoms with Gasteiger partial charge in [0.1, 0.15) is 5.82 Å². The lowest BCUT2D eigenvalue weighted by molar-refractivity contribution is 0.180. The molecule has 0 amide bonds. The number of halogens is 1. The predicted octanol–water partition coefficient (Wildman–Crippen LogP) is 2.19. The average molecular weight is 459 g/mol. The number of β-amino-alcohol motifs (C(OH)–C–C–N with tert-alkyl or cyclic N) is 1. The fraction of sp³-hybridized carbons (Fsp3) is 0.318. The zero-order valence-electron chi connectivity index (χ0n) is 16.8. The number of benzene rings is 2. The lowest BCUT2D eigenvalue weighted by Crippen LogP contribution is -2.32. The summed E-state index contributed by atoms with van der Waals surface area (Å²) in [4.78, 5) is 9.25. The number of rotatable bonds is 2. The van der Waals surface area contributed by atoms with Crippen molar-refractivity contribution in [3.63, 3.8) is 0 Å². The van der Waals surface area contributed by atoms with E-state index in [2.05, 4.69) is 0 Å². The molecular weight excluding hydrogens is 436 g/mol.